The van der Waals surface area contributed by atoms with Crippen molar-refractivity contribution in [3.8, 4) is 0 Å². The second kappa shape index (κ2) is 6.61. The van der Waals surface area contributed by atoms with Crippen molar-refractivity contribution in [2.45, 2.75) is 12.7 Å². The first-order chi connectivity index (χ1) is 11.7. The smallest absolute Gasteiger partial charge is 0.338 e. The molecular formula is C17H11Cl2F3N2O. The van der Waals surface area contributed by atoms with E-state index in [9.17, 15) is 18.0 Å². The molecule has 3 aromatic rings. The van der Waals surface area contributed by atoms with Crippen molar-refractivity contribution in [3.05, 3.63) is 64.3 Å². The van der Waals surface area contributed by atoms with Crippen LogP contribution in [0.2, 0.25) is 10.0 Å². The summed E-state index contributed by atoms with van der Waals surface area (Å²) in [6.07, 6.45) is -2.81. The molecule has 3 nitrogen and oxygen atoms in total. The van der Waals surface area contributed by atoms with Gasteiger partial charge in [-0.15, -0.1) is 0 Å². The molecule has 0 saturated heterocycles. The van der Waals surface area contributed by atoms with Crippen molar-refractivity contribution < 1.29 is 18.0 Å². The van der Waals surface area contributed by atoms with E-state index >= 15 is 0 Å². The van der Waals surface area contributed by atoms with Gasteiger partial charge in [0, 0.05) is 22.1 Å². The van der Waals surface area contributed by atoms with Crippen LogP contribution in [0.15, 0.2) is 48.7 Å². The lowest BCUT2D eigenvalue weighted by Gasteiger charge is -2.12. The lowest BCUT2D eigenvalue weighted by molar-refractivity contribution is -0.137. The average Bonchev–Trinajstić information content (AvgIpc) is 2.90. The van der Waals surface area contributed by atoms with Crippen LogP contribution in [0.25, 0.3) is 10.9 Å². The van der Waals surface area contributed by atoms with E-state index in [1.807, 2.05) is 0 Å². The summed E-state index contributed by atoms with van der Waals surface area (Å²) in [5.41, 5.74) is -0.177. The normalized spacial score (nSPS) is 11.7. The molecule has 0 atom stereocenters. The molecule has 3 rings (SSSR count). The lowest BCUT2D eigenvalue weighted by atomic mass is 10.2. The molecule has 1 aromatic heterocycles. The fraction of sp³-hybridized carbons (Fsp3) is 0.118. The number of alkyl halides is 3. The molecule has 1 amide bonds. The number of anilines is 1. The predicted octanol–water partition coefficient (Wildman–Crippen LogP) is 5.61. The monoisotopic (exact) mass is 386 g/mol. The van der Waals surface area contributed by atoms with Crippen LogP contribution in [0.5, 0.6) is 0 Å². The van der Waals surface area contributed by atoms with Gasteiger partial charge in [0.15, 0.2) is 0 Å². The number of fused-ring (bicyclic) bond motifs is 1. The fourth-order valence-corrected chi connectivity index (χ4v) is 2.80. The predicted molar refractivity (Wildman–Crippen MR) is 92.0 cm³/mol. The Kier molecular flexibility index (Phi) is 4.67. The first-order valence-electron chi connectivity index (χ1n) is 7.15. The van der Waals surface area contributed by atoms with E-state index in [4.69, 9.17) is 23.2 Å². The number of nitrogens with zero attached hydrogens (tertiary/aromatic N) is 1. The van der Waals surface area contributed by atoms with Crippen LogP contribution in [-0.2, 0) is 17.5 Å². The third kappa shape index (κ3) is 3.91. The summed E-state index contributed by atoms with van der Waals surface area (Å²) in [6, 6.07) is 9.80. The molecule has 1 N–H and O–H groups in total. The third-order valence-electron chi connectivity index (χ3n) is 3.61. The minimum absolute atomic E-state index is 0.0329. The molecule has 8 heteroatoms. The zero-order valence-corrected chi connectivity index (χ0v) is 14.1. The van der Waals surface area contributed by atoms with Gasteiger partial charge in [0.1, 0.15) is 6.54 Å². The van der Waals surface area contributed by atoms with Gasteiger partial charge in [-0.1, -0.05) is 23.2 Å². The van der Waals surface area contributed by atoms with Crippen LogP contribution >= 0.6 is 23.2 Å². The number of hydrogen-bond donors (Lipinski definition) is 1. The van der Waals surface area contributed by atoms with E-state index in [1.165, 1.54) is 0 Å². The van der Waals surface area contributed by atoms with Gasteiger partial charge in [-0.2, -0.15) is 13.2 Å². The summed E-state index contributed by atoms with van der Waals surface area (Å²) in [5.74, 6) is -0.492. The highest BCUT2D eigenvalue weighted by Crippen LogP contribution is 2.33. The molecule has 25 heavy (non-hydrogen) atoms. The number of rotatable bonds is 3. The number of halogens is 5. The molecule has 0 saturated carbocycles. The molecule has 0 unspecified atom stereocenters. The van der Waals surface area contributed by atoms with E-state index in [0.717, 1.165) is 29.1 Å². The highest BCUT2D eigenvalue weighted by atomic mass is 35.5. The highest BCUT2D eigenvalue weighted by Gasteiger charge is 2.31. The molecule has 0 bridgehead atoms. The highest BCUT2D eigenvalue weighted by molar-refractivity contribution is 6.33. The standard InChI is InChI=1S/C17H11Cl2F3N2O/c18-12-2-4-15-10(7-12)5-6-24(15)9-16(25)23-14-8-11(17(20,21)22)1-3-13(14)19/h1-8H,9H2,(H,23,25). The van der Waals surface area contributed by atoms with Gasteiger partial charge in [0.05, 0.1) is 16.3 Å². The summed E-state index contributed by atoms with van der Waals surface area (Å²) >= 11 is 11.8. The van der Waals surface area contributed by atoms with Gasteiger partial charge < -0.3 is 9.88 Å². The van der Waals surface area contributed by atoms with Crippen LogP contribution in [0.3, 0.4) is 0 Å². The number of carbonyl (C=O) groups excluding carboxylic acids is 1. The molecule has 0 aliphatic heterocycles. The van der Waals surface area contributed by atoms with Crippen LogP contribution in [-0.4, -0.2) is 10.5 Å². The molecule has 0 spiro atoms. The maximum Gasteiger partial charge on any atom is 0.416 e. The van der Waals surface area contributed by atoms with Crippen molar-refractivity contribution in [3.63, 3.8) is 0 Å². The first kappa shape index (κ1) is 17.6. The van der Waals surface area contributed by atoms with Crippen molar-refractivity contribution >= 4 is 45.7 Å². The van der Waals surface area contributed by atoms with Gasteiger partial charge in [0.25, 0.3) is 0 Å². The van der Waals surface area contributed by atoms with Crippen molar-refractivity contribution in [1.82, 2.24) is 4.57 Å². The summed E-state index contributed by atoms with van der Waals surface area (Å²) in [4.78, 5) is 12.2. The Labute approximate surface area is 150 Å². The molecule has 0 aliphatic carbocycles. The Balaban J connectivity index is 1.80. The molecule has 0 radical (unpaired) electrons. The maximum absolute atomic E-state index is 12.8. The Bertz CT molecular complexity index is 951. The van der Waals surface area contributed by atoms with Crippen molar-refractivity contribution in [1.29, 1.82) is 0 Å². The van der Waals surface area contributed by atoms with Gasteiger partial charge in [-0.3, -0.25) is 4.79 Å². The van der Waals surface area contributed by atoms with Gasteiger partial charge in [-0.05, 0) is 42.5 Å². The molecule has 0 aliphatic rings. The third-order valence-corrected chi connectivity index (χ3v) is 4.18. The van der Waals surface area contributed by atoms with Crippen LogP contribution in [0.1, 0.15) is 5.56 Å². The van der Waals surface area contributed by atoms with E-state index in [2.05, 4.69) is 5.32 Å². The molecule has 0 fully saturated rings. The van der Waals surface area contributed by atoms with E-state index < -0.39 is 17.6 Å². The Hall–Kier alpha value is -2.18. The van der Waals surface area contributed by atoms with E-state index in [-0.39, 0.29) is 17.3 Å². The van der Waals surface area contributed by atoms with E-state index in [1.54, 1.807) is 35.0 Å². The number of benzene rings is 2. The maximum atomic E-state index is 12.8. The topological polar surface area (TPSA) is 34.0 Å². The van der Waals surface area contributed by atoms with Crippen LogP contribution in [0.4, 0.5) is 18.9 Å². The van der Waals surface area contributed by atoms with Gasteiger partial charge >= 0.3 is 6.18 Å². The Morgan fingerprint density at radius 1 is 1.08 bits per heavy atom. The number of carbonyl (C=O) groups is 1. The molecular weight excluding hydrogens is 376 g/mol. The zero-order valence-electron chi connectivity index (χ0n) is 12.6. The summed E-state index contributed by atoms with van der Waals surface area (Å²) in [7, 11) is 0. The average molecular weight is 387 g/mol. The van der Waals surface area contributed by atoms with Crippen molar-refractivity contribution in [2.24, 2.45) is 0 Å². The lowest BCUT2D eigenvalue weighted by Crippen LogP contribution is -2.19. The Morgan fingerprint density at radius 3 is 2.56 bits per heavy atom. The second-order valence-electron chi connectivity index (χ2n) is 5.39. The minimum Gasteiger partial charge on any atom is -0.338 e. The Morgan fingerprint density at radius 2 is 1.84 bits per heavy atom. The fourth-order valence-electron chi connectivity index (χ4n) is 2.45. The summed E-state index contributed by atoms with van der Waals surface area (Å²) in [5, 5.41) is 3.89. The second-order valence-corrected chi connectivity index (χ2v) is 6.23. The first-order valence-corrected chi connectivity index (χ1v) is 7.90. The summed E-state index contributed by atoms with van der Waals surface area (Å²) in [6.45, 7) is -0.0717. The van der Waals surface area contributed by atoms with Gasteiger partial charge in [0.2, 0.25) is 5.91 Å². The zero-order chi connectivity index (χ0) is 18.2. The SMILES string of the molecule is O=C(Cn1ccc2cc(Cl)ccc21)Nc1cc(C(F)(F)F)ccc1Cl. The number of aromatic nitrogens is 1. The molecule has 1 heterocycles. The quantitative estimate of drug-likeness (QED) is 0.623. The van der Waals surface area contributed by atoms with Crippen molar-refractivity contribution in [2.75, 3.05) is 5.32 Å². The molecule has 2 aromatic carbocycles. The van der Waals surface area contributed by atoms with Gasteiger partial charge in [-0.25, -0.2) is 0 Å². The number of nitrogens with one attached hydrogen (secondary N) is 1. The summed E-state index contributed by atoms with van der Waals surface area (Å²) < 4.78 is 40.0. The van der Waals surface area contributed by atoms with Crippen LogP contribution in [0, 0.1) is 0 Å². The largest absolute Gasteiger partial charge is 0.416 e. The number of hydrogen-bond acceptors (Lipinski definition) is 1. The van der Waals surface area contributed by atoms with Crippen LogP contribution < -0.4 is 5.32 Å². The van der Waals surface area contributed by atoms with E-state index in [0.29, 0.717) is 5.02 Å². The molecule has 130 valence electrons. The number of amides is 1. The minimum atomic E-state index is -4.51.